The average Bonchev–Trinajstić information content (AvgIpc) is 3.10. The summed E-state index contributed by atoms with van der Waals surface area (Å²) in [4.78, 5) is 29.4. The SMILES string of the molecule is CC1(C)C2CC[C@@]1(CS(=O)(=O)N[C@@H](Cc1ccc(OCCCON=C(N)N)cc1)C(=O)O)C(=O)C2. The third kappa shape index (κ3) is 6.04. The predicted molar refractivity (Wildman–Crippen MR) is 129 cm³/mol. The topological polar surface area (TPSA) is 183 Å². The number of benzene rings is 1. The highest BCUT2D eigenvalue weighted by Gasteiger charge is 2.65. The second-order valence-electron chi connectivity index (χ2n) is 9.83. The van der Waals surface area contributed by atoms with Crippen molar-refractivity contribution in [1.82, 2.24) is 4.72 Å². The molecule has 11 nitrogen and oxygen atoms in total. The maximum Gasteiger partial charge on any atom is 0.322 e. The van der Waals surface area contributed by atoms with E-state index in [1.54, 1.807) is 24.3 Å². The number of ether oxygens (including phenoxy) is 1. The number of sulfonamides is 1. The van der Waals surface area contributed by atoms with Crippen molar-refractivity contribution in [1.29, 1.82) is 0 Å². The second-order valence-corrected chi connectivity index (χ2v) is 11.6. The first kappa shape index (κ1) is 26.7. The van der Waals surface area contributed by atoms with Gasteiger partial charge < -0.3 is 26.1 Å². The van der Waals surface area contributed by atoms with Crippen molar-refractivity contribution < 1.29 is 32.7 Å². The number of fused-ring (bicyclic) bond motifs is 2. The molecule has 1 aromatic rings. The Balaban J connectivity index is 1.57. The number of carboxylic acids is 1. The average molecular weight is 511 g/mol. The van der Waals surface area contributed by atoms with Crippen LogP contribution in [0, 0.1) is 16.7 Å². The Labute approximate surface area is 205 Å². The van der Waals surface area contributed by atoms with Crippen molar-refractivity contribution in [3.8, 4) is 5.75 Å². The Kier molecular flexibility index (Phi) is 7.95. The lowest BCUT2D eigenvalue weighted by molar-refractivity contribution is -0.138. The van der Waals surface area contributed by atoms with E-state index >= 15 is 0 Å². The van der Waals surface area contributed by atoms with E-state index in [0.29, 0.717) is 37.2 Å². The van der Waals surface area contributed by atoms with Crippen LogP contribution in [0.2, 0.25) is 0 Å². The normalized spacial score (nSPS) is 23.6. The minimum absolute atomic E-state index is 0.0330. The summed E-state index contributed by atoms with van der Waals surface area (Å²) in [6.07, 6.45) is 2.22. The molecule has 0 saturated heterocycles. The molecule has 2 saturated carbocycles. The van der Waals surface area contributed by atoms with Crippen molar-refractivity contribution >= 4 is 27.7 Å². The lowest BCUT2D eigenvalue weighted by atomic mass is 9.70. The molecule has 0 spiro atoms. The van der Waals surface area contributed by atoms with Gasteiger partial charge in [-0.15, -0.1) is 0 Å². The molecule has 12 heteroatoms. The van der Waals surface area contributed by atoms with Crippen molar-refractivity contribution in [3.63, 3.8) is 0 Å². The number of nitrogens with one attached hydrogen (secondary N) is 1. The fourth-order valence-corrected chi connectivity index (χ4v) is 7.29. The summed E-state index contributed by atoms with van der Waals surface area (Å²) >= 11 is 0. The highest BCUT2D eigenvalue weighted by molar-refractivity contribution is 7.89. The molecule has 2 fully saturated rings. The zero-order valence-electron chi connectivity index (χ0n) is 20.0. The summed E-state index contributed by atoms with van der Waals surface area (Å²) in [5, 5.41) is 13.1. The molecule has 0 amide bonds. The molecule has 6 N–H and O–H groups in total. The lowest BCUT2D eigenvalue weighted by Gasteiger charge is -2.36. The number of guanidine groups is 1. The van der Waals surface area contributed by atoms with Crippen LogP contribution in [0.3, 0.4) is 0 Å². The van der Waals surface area contributed by atoms with E-state index in [-0.39, 0.29) is 36.4 Å². The number of aliphatic carboxylic acids is 1. The molecular weight excluding hydrogens is 476 g/mol. The molecule has 2 aliphatic rings. The van der Waals surface area contributed by atoms with Crippen LogP contribution in [-0.4, -0.2) is 56.2 Å². The Morgan fingerprint density at radius 3 is 2.49 bits per heavy atom. The van der Waals surface area contributed by atoms with Gasteiger partial charge in [-0.1, -0.05) is 26.0 Å². The third-order valence-electron chi connectivity index (χ3n) is 7.38. The summed E-state index contributed by atoms with van der Waals surface area (Å²) in [5.41, 5.74) is 9.54. The summed E-state index contributed by atoms with van der Waals surface area (Å²) in [5.74, 6) is -1.12. The van der Waals surface area contributed by atoms with Gasteiger partial charge >= 0.3 is 5.97 Å². The number of Topliss-reactive ketones (excluding diaryl/α,β-unsaturated/α-hetero) is 1. The van der Waals surface area contributed by atoms with E-state index in [1.165, 1.54) is 0 Å². The number of carbonyl (C=O) groups is 2. The van der Waals surface area contributed by atoms with Crippen molar-refractivity contribution in [2.24, 2.45) is 33.4 Å². The van der Waals surface area contributed by atoms with Gasteiger partial charge in [0.05, 0.1) is 12.4 Å². The van der Waals surface area contributed by atoms with Crippen LogP contribution in [0.25, 0.3) is 0 Å². The van der Waals surface area contributed by atoms with Crippen LogP contribution in [0.15, 0.2) is 29.4 Å². The molecule has 2 bridgehead atoms. The van der Waals surface area contributed by atoms with Gasteiger partial charge in [-0.05, 0) is 53.4 Å². The molecule has 0 aromatic heterocycles. The van der Waals surface area contributed by atoms with Crippen LogP contribution in [0.1, 0.15) is 45.1 Å². The number of hydrogen-bond donors (Lipinski definition) is 4. The molecule has 0 aliphatic heterocycles. The minimum atomic E-state index is -4.02. The molecule has 2 aliphatic carbocycles. The maximum atomic E-state index is 13.0. The third-order valence-corrected chi connectivity index (χ3v) is 8.89. The number of nitrogens with two attached hydrogens (primary N) is 2. The highest BCUT2D eigenvalue weighted by Crippen LogP contribution is 2.64. The summed E-state index contributed by atoms with van der Waals surface area (Å²) in [7, 11) is -4.02. The van der Waals surface area contributed by atoms with E-state index in [0.717, 1.165) is 6.42 Å². The number of rotatable bonds is 13. The fourth-order valence-electron chi connectivity index (χ4n) is 5.26. The molecule has 3 atom stereocenters. The predicted octanol–water partition coefficient (Wildman–Crippen LogP) is 0.971. The Morgan fingerprint density at radius 1 is 1.26 bits per heavy atom. The quantitative estimate of drug-likeness (QED) is 0.130. The van der Waals surface area contributed by atoms with Gasteiger partial charge in [-0.3, -0.25) is 9.59 Å². The number of carbonyl (C=O) groups excluding carboxylic acids is 1. The molecular formula is C23H34N4O7S. The molecule has 1 aromatic carbocycles. The molecule has 1 unspecified atom stereocenters. The number of oxime groups is 1. The number of carboxylic acid groups (broad SMARTS) is 1. The fraction of sp³-hybridized carbons (Fsp3) is 0.609. The van der Waals surface area contributed by atoms with Crippen molar-refractivity contribution in [3.05, 3.63) is 29.8 Å². The first-order valence-electron chi connectivity index (χ1n) is 11.5. The van der Waals surface area contributed by atoms with Crippen molar-refractivity contribution in [2.75, 3.05) is 19.0 Å². The summed E-state index contributed by atoms with van der Waals surface area (Å²) in [6, 6.07) is 5.36. The standard InChI is InChI=1S/C23H34N4O7S/c1-22(2)16-8-9-23(22,19(28)13-16)14-35(31,32)27-18(20(29)30)12-15-4-6-17(7-5-15)33-10-3-11-34-26-21(24)25/h4-7,16,18,27H,3,8-14H2,1-2H3,(H,29,30)(H4,24,25,26)/t16?,18-,23+/m0/s1. The largest absolute Gasteiger partial charge is 0.493 e. The smallest absolute Gasteiger partial charge is 0.322 e. The first-order valence-corrected chi connectivity index (χ1v) is 13.2. The monoisotopic (exact) mass is 510 g/mol. The van der Waals surface area contributed by atoms with Crippen LogP contribution >= 0.6 is 0 Å². The summed E-state index contributed by atoms with van der Waals surface area (Å²) in [6.45, 7) is 4.52. The van der Waals surface area contributed by atoms with Gasteiger partial charge in [0.1, 0.15) is 24.2 Å². The van der Waals surface area contributed by atoms with Crippen molar-refractivity contribution in [2.45, 2.75) is 52.0 Å². The van der Waals surface area contributed by atoms with Crippen LogP contribution in [0.5, 0.6) is 5.75 Å². The van der Waals surface area contributed by atoms with Gasteiger partial charge in [0.2, 0.25) is 16.0 Å². The van der Waals surface area contributed by atoms with E-state index in [2.05, 4.69) is 9.88 Å². The van der Waals surface area contributed by atoms with E-state index in [4.69, 9.17) is 21.0 Å². The number of nitrogens with zero attached hydrogens (tertiary/aromatic N) is 1. The maximum absolute atomic E-state index is 13.0. The minimum Gasteiger partial charge on any atom is -0.493 e. The Hall–Kier alpha value is -2.86. The second kappa shape index (κ2) is 10.4. The number of ketones is 1. The van der Waals surface area contributed by atoms with E-state index in [1.807, 2.05) is 13.8 Å². The van der Waals surface area contributed by atoms with Gasteiger partial charge in [-0.25, -0.2) is 13.1 Å². The zero-order chi connectivity index (χ0) is 25.9. The summed E-state index contributed by atoms with van der Waals surface area (Å²) < 4.78 is 33.9. The number of hydrogen-bond acceptors (Lipinski definition) is 7. The molecule has 0 radical (unpaired) electrons. The zero-order valence-corrected chi connectivity index (χ0v) is 20.8. The van der Waals surface area contributed by atoms with Crippen LogP contribution < -0.4 is 20.9 Å². The van der Waals surface area contributed by atoms with Gasteiger partial charge in [0.15, 0.2) is 0 Å². The molecule has 35 heavy (non-hydrogen) atoms. The van der Waals surface area contributed by atoms with Gasteiger partial charge in [-0.2, -0.15) is 0 Å². The Morgan fingerprint density at radius 2 is 1.94 bits per heavy atom. The molecule has 3 rings (SSSR count). The van der Waals surface area contributed by atoms with Crippen LogP contribution in [-0.2, 0) is 30.9 Å². The highest BCUT2D eigenvalue weighted by atomic mass is 32.2. The Bertz CT molecular complexity index is 1070. The molecule has 0 heterocycles. The first-order chi connectivity index (χ1) is 16.4. The van der Waals surface area contributed by atoms with E-state index in [9.17, 15) is 23.1 Å². The van der Waals surface area contributed by atoms with Gasteiger partial charge in [0.25, 0.3) is 0 Å². The van der Waals surface area contributed by atoms with Crippen LogP contribution in [0.4, 0.5) is 0 Å². The van der Waals surface area contributed by atoms with Gasteiger partial charge in [0, 0.05) is 18.3 Å². The molecule has 194 valence electrons. The lowest BCUT2D eigenvalue weighted by Crippen LogP contribution is -2.49. The van der Waals surface area contributed by atoms with E-state index < -0.39 is 32.9 Å².